The van der Waals surface area contributed by atoms with Crippen LogP contribution < -0.4 is 0 Å². The summed E-state index contributed by atoms with van der Waals surface area (Å²) < 4.78 is 6.04. The normalized spacial score (nSPS) is 16.0. The highest BCUT2D eigenvalue weighted by molar-refractivity contribution is 6.30. The summed E-state index contributed by atoms with van der Waals surface area (Å²) in [5, 5.41) is 0.743. The lowest BCUT2D eigenvalue weighted by atomic mass is 10.2. The van der Waals surface area contributed by atoms with Crippen molar-refractivity contribution in [3.05, 3.63) is 89.2 Å². The van der Waals surface area contributed by atoms with E-state index >= 15 is 0 Å². The number of rotatable bonds is 6. The van der Waals surface area contributed by atoms with Crippen LogP contribution in [0.1, 0.15) is 11.3 Å². The van der Waals surface area contributed by atoms with Gasteiger partial charge in [0, 0.05) is 43.3 Å². The van der Waals surface area contributed by atoms with Crippen molar-refractivity contribution in [1.29, 1.82) is 0 Å². The van der Waals surface area contributed by atoms with Gasteiger partial charge in [-0.25, -0.2) is 0 Å². The average Bonchev–Trinajstić information content (AvgIpc) is 3.19. The standard InChI is InChI=1S/C24H25ClN2O/c25-22-10-8-21(9-11-22)24-13-12-23(28-24)19-27-17-15-26(16-18-27)14-4-7-20-5-2-1-3-6-20/h1-13H,14-19H2/b7-4+. The van der Waals surface area contributed by atoms with Gasteiger partial charge < -0.3 is 4.42 Å². The third-order valence-corrected chi connectivity index (χ3v) is 5.36. The summed E-state index contributed by atoms with van der Waals surface area (Å²) in [5.41, 5.74) is 2.32. The van der Waals surface area contributed by atoms with Gasteiger partial charge in [0.25, 0.3) is 0 Å². The van der Waals surface area contributed by atoms with Crippen molar-refractivity contribution < 1.29 is 4.42 Å². The molecule has 0 unspecified atom stereocenters. The average molecular weight is 393 g/mol. The maximum Gasteiger partial charge on any atom is 0.134 e. The van der Waals surface area contributed by atoms with Crippen molar-refractivity contribution >= 4 is 17.7 Å². The number of halogens is 1. The molecule has 0 atom stereocenters. The molecule has 0 saturated carbocycles. The van der Waals surface area contributed by atoms with Gasteiger partial charge in [0.15, 0.2) is 0 Å². The molecule has 144 valence electrons. The first-order chi connectivity index (χ1) is 13.8. The third-order valence-electron chi connectivity index (χ3n) is 5.11. The van der Waals surface area contributed by atoms with Crippen molar-refractivity contribution in [3.63, 3.8) is 0 Å². The van der Waals surface area contributed by atoms with Crippen LogP contribution in [0.3, 0.4) is 0 Å². The fourth-order valence-corrected chi connectivity index (χ4v) is 3.61. The van der Waals surface area contributed by atoms with Crippen LogP contribution in [-0.4, -0.2) is 42.5 Å². The van der Waals surface area contributed by atoms with Crippen LogP contribution in [0, 0.1) is 0 Å². The molecule has 1 saturated heterocycles. The van der Waals surface area contributed by atoms with E-state index in [1.54, 1.807) is 0 Å². The highest BCUT2D eigenvalue weighted by Gasteiger charge is 2.17. The van der Waals surface area contributed by atoms with Crippen molar-refractivity contribution in [1.82, 2.24) is 9.80 Å². The van der Waals surface area contributed by atoms with Gasteiger partial charge in [-0.2, -0.15) is 0 Å². The predicted molar refractivity (Wildman–Crippen MR) is 116 cm³/mol. The molecule has 0 aliphatic carbocycles. The second-order valence-corrected chi connectivity index (χ2v) is 7.60. The third kappa shape index (κ3) is 5.14. The lowest BCUT2D eigenvalue weighted by molar-refractivity contribution is 0.130. The summed E-state index contributed by atoms with van der Waals surface area (Å²) in [4.78, 5) is 4.96. The second-order valence-electron chi connectivity index (χ2n) is 7.16. The molecule has 3 nitrogen and oxygen atoms in total. The maximum atomic E-state index is 6.04. The van der Waals surface area contributed by atoms with Gasteiger partial charge in [-0.15, -0.1) is 0 Å². The molecular formula is C24H25ClN2O. The van der Waals surface area contributed by atoms with Crippen LogP contribution in [0.15, 0.2) is 77.2 Å². The fraction of sp³-hybridized carbons (Fsp3) is 0.250. The van der Waals surface area contributed by atoms with Crippen LogP contribution in [0.25, 0.3) is 17.4 Å². The van der Waals surface area contributed by atoms with E-state index in [0.29, 0.717) is 0 Å². The van der Waals surface area contributed by atoms with Crippen molar-refractivity contribution in [2.75, 3.05) is 32.7 Å². The van der Waals surface area contributed by atoms with Crippen LogP contribution in [0.2, 0.25) is 5.02 Å². The highest BCUT2D eigenvalue weighted by Crippen LogP contribution is 2.24. The van der Waals surface area contributed by atoms with Crippen molar-refractivity contribution in [2.45, 2.75) is 6.54 Å². The zero-order valence-electron chi connectivity index (χ0n) is 15.9. The van der Waals surface area contributed by atoms with E-state index in [-0.39, 0.29) is 0 Å². The quantitative estimate of drug-likeness (QED) is 0.557. The Bertz CT molecular complexity index is 894. The maximum absolute atomic E-state index is 6.04. The predicted octanol–water partition coefficient (Wildman–Crippen LogP) is 5.43. The highest BCUT2D eigenvalue weighted by atomic mass is 35.5. The van der Waals surface area contributed by atoms with Crippen molar-refractivity contribution in [2.24, 2.45) is 0 Å². The van der Waals surface area contributed by atoms with Gasteiger partial charge in [-0.1, -0.05) is 54.1 Å². The van der Waals surface area contributed by atoms with Gasteiger partial charge >= 0.3 is 0 Å². The van der Waals surface area contributed by atoms with Crippen LogP contribution in [0.5, 0.6) is 0 Å². The summed E-state index contributed by atoms with van der Waals surface area (Å²) in [6.45, 7) is 6.17. The number of piperazine rings is 1. The number of hydrogen-bond acceptors (Lipinski definition) is 3. The van der Waals surface area contributed by atoms with Crippen LogP contribution in [-0.2, 0) is 6.54 Å². The van der Waals surface area contributed by atoms with E-state index < -0.39 is 0 Å². The Morgan fingerprint density at radius 3 is 2.29 bits per heavy atom. The minimum Gasteiger partial charge on any atom is -0.460 e. The molecule has 3 aromatic rings. The zero-order chi connectivity index (χ0) is 19.2. The zero-order valence-corrected chi connectivity index (χ0v) is 16.7. The summed E-state index contributed by atoms with van der Waals surface area (Å²) in [6.07, 6.45) is 4.46. The minimum absolute atomic E-state index is 0.743. The Morgan fingerprint density at radius 1 is 0.821 bits per heavy atom. The molecule has 1 aromatic heterocycles. The van der Waals surface area contributed by atoms with Gasteiger partial charge in [0.05, 0.1) is 6.54 Å². The van der Waals surface area contributed by atoms with Crippen LogP contribution in [0.4, 0.5) is 0 Å². The minimum atomic E-state index is 0.743. The first-order valence-corrected chi connectivity index (χ1v) is 10.1. The molecule has 0 radical (unpaired) electrons. The largest absolute Gasteiger partial charge is 0.460 e. The van der Waals surface area contributed by atoms with Gasteiger partial charge in [0.1, 0.15) is 11.5 Å². The molecule has 1 fully saturated rings. The molecule has 2 aromatic carbocycles. The summed E-state index contributed by atoms with van der Waals surface area (Å²) >= 11 is 5.96. The fourth-order valence-electron chi connectivity index (χ4n) is 3.48. The first kappa shape index (κ1) is 19.0. The molecule has 0 spiro atoms. The molecule has 4 heteroatoms. The Hall–Kier alpha value is -2.33. The van der Waals surface area contributed by atoms with E-state index in [9.17, 15) is 0 Å². The Labute approximate surface area is 171 Å². The number of hydrogen-bond donors (Lipinski definition) is 0. The SMILES string of the molecule is Clc1ccc(-c2ccc(CN3CCN(C/C=C/c4ccccc4)CC3)o2)cc1. The first-order valence-electron chi connectivity index (χ1n) is 9.77. The Kier molecular flexibility index (Phi) is 6.27. The molecule has 0 bridgehead atoms. The molecular weight excluding hydrogens is 368 g/mol. The summed E-state index contributed by atoms with van der Waals surface area (Å²) in [6, 6.07) is 22.4. The molecule has 2 heterocycles. The lowest BCUT2D eigenvalue weighted by Gasteiger charge is -2.33. The number of nitrogens with zero attached hydrogens (tertiary/aromatic N) is 2. The van der Waals surface area contributed by atoms with E-state index in [2.05, 4.69) is 52.3 Å². The molecule has 0 N–H and O–H groups in total. The topological polar surface area (TPSA) is 19.6 Å². The number of furan rings is 1. The Balaban J connectivity index is 1.24. The lowest BCUT2D eigenvalue weighted by Crippen LogP contribution is -2.45. The summed E-state index contributed by atoms with van der Waals surface area (Å²) in [7, 11) is 0. The van der Waals surface area contributed by atoms with Crippen LogP contribution >= 0.6 is 11.6 Å². The van der Waals surface area contributed by atoms with E-state index in [1.165, 1.54) is 5.56 Å². The van der Waals surface area contributed by atoms with E-state index in [0.717, 1.165) is 61.4 Å². The molecule has 4 rings (SSSR count). The molecule has 0 amide bonds. The second kappa shape index (κ2) is 9.24. The van der Waals surface area contributed by atoms with Gasteiger partial charge in [-0.05, 0) is 42.0 Å². The molecule has 1 aliphatic heterocycles. The number of benzene rings is 2. The monoisotopic (exact) mass is 392 g/mol. The van der Waals surface area contributed by atoms with Crippen molar-refractivity contribution in [3.8, 4) is 11.3 Å². The van der Waals surface area contributed by atoms with E-state index in [4.69, 9.17) is 16.0 Å². The van der Waals surface area contributed by atoms with E-state index in [1.807, 2.05) is 36.4 Å². The summed E-state index contributed by atoms with van der Waals surface area (Å²) in [5.74, 6) is 1.92. The Morgan fingerprint density at radius 2 is 1.54 bits per heavy atom. The van der Waals surface area contributed by atoms with Gasteiger partial charge in [-0.3, -0.25) is 9.80 Å². The van der Waals surface area contributed by atoms with Gasteiger partial charge in [0.2, 0.25) is 0 Å². The molecule has 1 aliphatic rings. The smallest absolute Gasteiger partial charge is 0.134 e. The molecule has 28 heavy (non-hydrogen) atoms.